The number of carbonyl (C=O) groups is 1. The summed E-state index contributed by atoms with van der Waals surface area (Å²) in [5, 5.41) is 3.57. The van der Waals surface area contributed by atoms with Gasteiger partial charge in [-0.2, -0.15) is 0 Å². The Morgan fingerprint density at radius 1 is 1.29 bits per heavy atom. The van der Waals surface area contributed by atoms with Gasteiger partial charge in [-0.1, -0.05) is 11.6 Å². The highest BCUT2D eigenvalue weighted by molar-refractivity contribution is 14.1. The fourth-order valence-corrected chi connectivity index (χ4v) is 3.66. The molecule has 2 aliphatic carbocycles. The van der Waals surface area contributed by atoms with Gasteiger partial charge >= 0.3 is 0 Å². The topological polar surface area (TPSA) is 29.1 Å². The largest absolute Gasteiger partial charge is 0.325 e. The van der Waals surface area contributed by atoms with Crippen LogP contribution in [0.15, 0.2) is 18.2 Å². The van der Waals surface area contributed by atoms with Crippen molar-refractivity contribution in [3.63, 3.8) is 0 Å². The number of carbonyl (C=O) groups excluding carboxylic acids is 1. The molecule has 0 heterocycles. The Morgan fingerprint density at radius 3 is 2.65 bits per heavy atom. The fraction of sp³-hybridized carbons (Fsp3) is 0.462. The summed E-state index contributed by atoms with van der Waals surface area (Å²) in [7, 11) is 0. The van der Waals surface area contributed by atoms with Crippen LogP contribution in [0, 0.1) is 21.3 Å². The van der Waals surface area contributed by atoms with Gasteiger partial charge in [0.1, 0.15) is 0 Å². The molecule has 2 saturated carbocycles. The molecular formula is C13H13ClINO. The maximum absolute atomic E-state index is 12.0. The number of anilines is 1. The van der Waals surface area contributed by atoms with Crippen molar-refractivity contribution in [2.45, 2.75) is 19.3 Å². The summed E-state index contributed by atoms with van der Waals surface area (Å²) in [6.45, 7) is 0. The fourth-order valence-electron chi connectivity index (χ4n) is 2.75. The van der Waals surface area contributed by atoms with Gasteiger partial charge in [-0.15, -0.1) is 0 Å². The molecule has 2 aliphatic rings. The van der Waals surface area contributed by atoms with E-state index >= 15 is 0 Å². The molecular weight excluding hydrogens is 349 g/mol. The Bertz CT molecular complexity index is 466. The quantitative estimate of drug-likeness (QED) is 0.795. The third-order valence-electron chi connectivity index (χ3n) is 3.80. The lowest BCUT2D eigenvalue weighted by molar-refractivity contribution is -0.120. The number of fused-ring (bicyclic) bond motifs is 1. The number of halogens is 2. The summed E-state index contributed by atoms with van der Waals surface area (Å²) in [6.07, 6.45) is 3.48. The van der Waals surface area contributed by atoms with Crippen LogP contribution in [0.4, 0.5) is 5.69 Å². The Balaban J connectivity index is 1.67. The van der Waals surface area contributed by atoms with Crippen LogP contribution < -0.4 is 5.32 Å². The standard InChI is InChI=1S/C13H13ClINO/c14-11-6-10(15)1-2-12(11)16-13(17)9-4-7-3-8(7)5-9/h1-2,6-9H,3-5H2,(H,16,17). The Morgan fingerprint density at radius 2 is 2.00 bits per heavy atom. The summed E-state index contributed by atoms with van der Waals surface area (Å²) < 4.78 is 1.08. The zero-order valence-corrected chi connectivity index (χ0v) is 12.2. The Hall–Kier alpha value is -0.290. The van der Waals surface area contributed by atoms with E-state index in [1.807, 2.05) is 18.2 Å². The van der Waals surface area contributed by atoms with E-state index in [4.69, 9.17) is 11.6 Å². The molecule has 90 valence electrons. The molecule has 17 heavy (non-hydrogen) atoms. The van der Waals surface area contributed by atoms with E-state index in [9.17, 15) is 4.79 Å². The van der Waals surface area contributed by atoms with Gasteiger partial charge in [0.05, 0.1) is 10.7 Å². The minimum absolute atomic E-state index is 0.139. The maximum atomic E-state index is 12.0. The molecule has 1 aromatic carbocycles. The molecule has 0 aromatic heterocycles. The average Bonchev–Trinajstić information content (AvgIpc) is 2.89. The van der Waals surface area contributed by atoms with Crippen molar-refractivity contribution in [1.29, 1.82) is 0 Å². The minimum atomic E-state index is 0.139. The van der Waals surface area contributed by atoms with Gasteiger partial charge in [0.15, 0.2) is 0 Å². The van der Waals surface area contributed by atoms with Gasteiger partial charge in [0, 0.05) is 9.49 Å². The molecule has 0 radical (unpaired) electrons. The molecule has 2 atom stereocenters. The van der Waals surface area contributed by atoms with Crippen molar-refractivity contribution in [2.75, 3.05) is 5.32 Å². The molecule has 0 aliphatic heterocycles. The van der Waals surface area contributed by atoms with Crippen molar-refractivity contribution >= 4 is 45.8 Å². The van der Waals surface area contributed by atoms with E-state index < -0.39 is 0 Å². The van der Waals surface area contributed by atoms with Gasteiger partial charge in [-0.05, 0) is 71.9 Å². The number of benzene rings is 1. The number of hydrogen-bond acceptors (Lipinski definition) is 1. The molecule has 3 rings (SSSR count). The lowest BCUT2D eigenvalue weighted by atomic mass is 10.0. The van der Waals surface area contributed by atoms with E-state index in [-0.39, 0.29) is 11.8 Å². The summed E-state index contributed by atoms with van der Waals surface area (Å²) in [4.78, 5) is 12.0. The lowest BCUT2D eigenvalue weighted by Crippen LogP contribution is -2.21. The molecule has 1 N–H and O–H groups in total. The predicted molar refractivity (Wildman–Crippen MR) is 77.1 cm³/mol. The molecule has 1 amide bonds. The molecule has 0 spiro atoms. The molecule has 0 bridgehead atoms. The van der Waals surface area contributed by atoms with Crippen LogP contribution in [0.2, 0.25) is 5.02 Å². The van der Waals surface area contributed by atoms with Crippen LogP contribution in [0.1, 0.15) is 19.3 Å². The van der Waals surface area contributed by atoms with Crippen molar-refractivity contribution in [1.82, 2.24) is 0 Å². The molecule has 0 saturated heterocycles. The molecule has 2 nitrogen and oxygen atoms in total. The second kappa shape index (κ2) is 4.43. The Labute approximate surface area is 119 Å². The third-order valence-corrected chi connectivity index (χ3v) is 4.79. The van der Waals surface area contributed by atoms with Crippen molar-refractivity contribution < 1.29 is 4.79 Å². The van der Waals surface area contributed by atoms with E-state index in [0.29, 0.717) is 5.02 Å². The molecule has 2 fully saturated rings. The summed E-state index contributed by atoms with van der Waals surface area (Å²) >= 11 is 8.30. The van der Waals surface area contributed by atoms with Crippen LogP contribution in [0.5, 0.6) is 0 Å². The monoisotopic (exact) mass is 361 g/mol. The van der Waals surface area contributed by atoms with Gasteiger partial charge in [-0.25, -0.2) is 0 Å². The number of rotatable bonds is 2. The number of amides is 1. The predicted octanol–water partition coefficient (Wildman–Crippen LogP) is 3.93. The summed E-state index contributed by atoms with van der Waals surface area (Å²) in [5.41, 5.74) is 0.734. The Kier molecular flexibility index (Phi) is 3.07. The maximum Gasteiger partial charge on any atom is 0.227 e. The second-order valence-electron chi connectivity index (χ2n) is 5.04. The highest BCUT2D eigenvalue weighted by Gasteiger charge is 2.47. The zero-order valence-electron chi connectivity index (χ0n) is 9.25. The molecule has 1 aromatic rings. The molecule has 2 unspecified atom stereocenters. The lowest BCUT2D eigenvalue weighted by Gasteiger charge is -2.13. The van der Waals surface area contributed by atoms with Crippen LogP contribution in [-0.4, -0.2) is 5.91 Å². The minimum Gasteiger partial charge on any atom is -0.325 e. The van der Waals surface area contributed by atoms with Gasteiger partial charge < -0.3 is 5.32 Å². The van der Waals surface area contributed by atoms with E-state index in [2.05, 4.69) is 27.9 Å². The van der Waals surface area contributed by atoms with Crippen molar-refractivity contribution in [2.24, 2.45) is 17.8 Å². The second-order valence-corrected chi connectivity index (χ2v) is 6.69. The number of hydrogen-bond donors (Lipinski definition) is 1. The number of nitrogens with one attached hydrogen (secondary N) is 1. The van der Waals surface area contributed by atoms with Crippen LogP contribution in [0.3, 0.4) is 0 Å². The first-order valence-corrected chi connectivity index (χ1v) is 7.35. The van der Waals surface area contributed by atoms with Gasteiger partial charge in [-0.3, -0.25) is 4.79 Å². The summed E-state index contributed by atoms with van der Waals surface area (Å²) in [5.74, 6) is 2.00. The van der Waals surface area contributed by atoms with Crippen LogP contribution >= 0.6 is 34.2 Å². The highest BCUT2D eigenvalue weighted by atomic mass is 127. The summed E-state index contributed by atoms with van der Waals surface area (Å²) in [6, 6.07) is 5.69. The third kappa shape index (κ3) is 2.45. The van der Waals surface area contributed by atoms with Crippen LogP contribution in [0.25, 0.3) is 0 Å². The van der Waals surface area contributed by atoms with E-state index in [1.165, 1.54) is 6.42 Å². The van der Waals surface area contributed by atoms with E-state index in [1.54, 1.807) is 0 Å². The highest BCUT2D eigenvalue weighted by Crippen LogP contribution is 2.54. The zero-order chi connectivity index (χ0) is 12.0. The van der Waals surface area contributed by atoms with Crippen LogP contribution in [-0.2, 0) is 4.79 Å². The van der Waals surface area contributed by atoms with E-state index in [0.717, 1.165) is 33.9 Å². The smallest absolute Gasteiger partial charge is 0.227 e. The normalized spacial score (nSPS) is 29.9. The first-order chi connectivity index (χ1) is 8.13. The van der Waals surface area contributed by atoms with Crippen molar-refractivity contribution in [3.8, 4) is 0 Å². The van der Waals surface area contributed by atoms with Gasteiger partial charge in [0.25, 0.3) is 0 Å². The average molecular weight is 362 g/mol. The first kappa shape index (κ1) is 11.8. The van der Waals surface area contributed by atoms with Crippen molar-refractivity contribution in [3.05, 3.63) is 26.8 Å². The van der Waals surface area contributed by atoms with Gasteiger partial charge in [0.2, 0.25) is 5.91 Å². The SMILES string of the molecule is O=C(Nc1ccc(I)cc1Cl)C1CC2CC2C1. The first-order valence-electron chi connectivity index (χ1n) is 5.89. The molecule has 4 heteroatoms.